The summed E-state index contributed by atoms with van der Waals surface area (Å²) in [6.07, 6.45) is 1.82. The van der Waals surface area contributed by atoms with Crippen molar-refractivity contribution in [2.45, 2.75) is 24.8 Å². The molecule has 104 valence electrons. The molecule has 6 nitrogen and oxygen atoms in total. The quantitative estimate of drug-likeness (QED) is 0.690. The molecule has 0 fully saturated rings. The molecule has 0 bridgehead atoms. The molecule has 0 aliphatic heterocycles. The van der Waals surface area contributed by atoms with Crippen LogP contribution in [0.3, 0.4) is 0 Å². The van der Waals surface area contributed by atoms with Crippen molar-refractivity contribution in [3.63, 3.8) is 0 Å². The van der Waals surface area contributed by atoms with Crippen molar-refractivity contribution in [2.75, 3.05) is 0 Å². The van der Waals surface area contributed by atoms with Crippen LogP contribution in [0.2, 0.25) is 0 Å². The molecule has 20 heavy (non-hydrogen) atoms. The Kier molecular flexibility index (Phi) is 3.35. The van der Waals surface area contributed by atoms with Crippen LogP contribution in [0.1, 0.15) is 16.4 Å². The largest absolute Gasteiger partial charge is 0.309 e. The maximum absolute atomic E-state index is 12.0. The van der Waals surface area contributed by atoms with Crippen LogP contribution in [0, 0.1) is 13.8 Å². The standard InChI is InChI=1S/C12H13N5OS2/c1-7-5-17-10(18)4-9(13-11(17)20-7)6-19-12-15-14-8(2)16(12)3/h4-5H,6H2,1-3H3. The third-order valence-corrected chi connectivity index (χ3v) is 4.89. The lowest BCUT2D eigenvalue weighted by molar-refractivity contribution is 0.765. The maximum Gasteiger partial charge on any atom is 0.258 e. The highest BCUT2D eigenvalue weighted by molar-refractivity contribution is 7.98. The van der Waals surface area contributed by atoms with Gasteiger partial charge in [-0.1, -0.05) is 11.8 Å². The molecule has 0 aromatic carbocycles. The van der Waals surface area contributed by atoms with Gasteiger partial charge in [0.25, 0.3) is 5.56 Å². The van der Waals surface area contributed by atoms with E-state index in [9.17, 15) is 4.79 Å². The summed E-state index contributed by atoms with van der Waals surface area (Å²) in [5.41, 5.74) is 0.728. The zero-order valence-corrected chi connectivity index (χ0v) is 13.0. The predicted octanol–water partition coefficient (Wildman–Crippen LogP) is 1.79. The van der Waals surface area contributed by atoms with Crippen LogP contribution in [0.15, 0.2) is 22.2 Å². The minimum absolute atomic E-state index is 0.0379. The number of rotatable bonds is 3. The normalized spacial score (nSPS) is 11.3. The third-order valence-electron chi connectivity index (χ3n) is 2.94. The van der Waals surface area contributed by atoms with E-state index in [2.05, 4.69) is 15.2 Å². The van der Waals surface area contributed by atoms with Crippen LogP contribution in [0.4, 0.5) is 0 Å². The summed E-state index contributed by atoms with van der Waals surface area (Å²) in [4.78, 5) is 18.3. The Morgan fingerprint density at radius 2 is 2.15 bits per heavy atom. The van der Waals surface area contributed by atoms with Crippen molar-refractivity contribution in [3.05, 3.63) is 39.0 Å². The molecule has 0 saturated carbocycles. The molecule has 0 amide bonds. The lowest BCUT2D eigenvalue weighted by atomic mass is 10.4. The van der Waals surface area contributed by atoms with E-state index in [4.69, 9.17) is 0 Å². The number of thiazole rings is 1. The average molecular weight is 307 g/mol. The molecule has 0 spiro atoms. The topological polar surface area (TPSA) is 65.1 Å². The lowest BCUT2D eigenvalue weighted by Gasteiger charge is -2.01. The van der Waals surface area contributed by atoms with Gasteiger partial charge in [-0.05, 0) is 13.8 Å². The molecule has 0 radical (unpaired) electrons. The van der Waals surface area contributed by atoms with Crippen LogP contribution in [-0.4, -0.2) is 24.1 Å². The molecule has 3 heterocycles. The number of fused-ring (bicyclic) bond motifs is 1. The van der Waals surface area contributed by atoms with Crippen molar-refractivity contribution in [1.29, 1.82) is 0 Å². The number of nitrogens with zero attached hydrogens (tertiary/aromatic N) is 5. The number of aryl methyl sites for hydroxylation is 2. The van der Waals surface area contributed by atoms with Crippen molar-refractivity contribution in [3.8, 4) is 0 Å². The fourth-order valence-corrected chi connectivity index (χ4v) is 3.48. The molecule has 3 rings (SSSR count). The summed E-state index contributed by atoms with van der Waals surface area (Å²) in [7, 11) is 1.92. The molecule has 0 atom stereocenters. The molecular formula is C12H13N5OS2. The first-order valence-corrected chi connectivity index (χ1v) is 7.82. The van der Waals surface area contributed by atoms with Gasteiger partial charge in [-0.25, -0.2) is 4.98 Å². The Morgan fingerprint density at radius 3 is 2.85 bits per heavy atom. The van der Waals surface area contributed by atoms with Crippen molar-refractivity contribution in [1.82, 2.24) is 24.1 Å². The molecule has 0 saturated heterocycles. The van der Waals surface area contributed by atoms with E-state index in [0.717, 1.165) is 26.5 Å². The van der Waals surface area contributed by atoms with Crippen LogP contribution in [0.25, 0.3) is 4.96 Å². The average Bonchev–Trinajstić information content (AvgIpc) is 2.92. The van der Waals surface area contributed by atoms with Crippen LogP contribution >= 0.6 is 23.1 Å². The van der Waals surface area contributed by atoms with E-state index < -0.39 is 0 Å². The van der Waals surface area contributed by atoms with Crippen LogP contribution in [-0.2, 0) is 12.8 Å². The summed E-state index contributed by atoms with van der Waals surface area (Å²) in [5.74, 6) is 1.47. The molecule has 0 aliphatic carbocycles. The SMILES string of the molecule is Cc1cn2c(=O)cc(CSc3nnc(C)n3C)nc2s1. The summed E-state index contributed by atoms with van der Waals surface area (Å²) in [6.45, 7) is 3.87. The van der Waals surface area contributed by atoms with Gasteiger partial charge in [-0.3, -0.25) is 9.20 Å². The zero-order chi connectivity index (χ0) is 14.3. The Bertz CT molecular complexity index is 832. The fraction of sp³-hybridized carbons (Fsp3) is 0.333. The smallest absolute Gasteiger partial charge is 0.258 e. The zero-order valence-electron chi connectivity index (χ0n) is 11.3. The predicted molar refractivity (Wildman–Crippen MR) is 79.4 cm³/mol. The Labute approximate surface area is 123 Å². The van der Waals surface area contributed by atoms with E-state index in [1.807, 2.05) is 31.7 Å². The molecule has 3 aromatic rings. The number of hydrogen-bond donors (Lipinski definition) is 0. The first kappa shape index (κ1) is 13.3. The highest BCUT2D eigenvalue weighted by atomic mass is 32.2. The van der Waals surface area contributed by atoms with Gasteiger partial charge in [0.15, 0.2) is 10.1 Å². The van der Waals surface area contributed by atoms with E-state index in [1.165, 1.54) is 23.1 Å². The molecule has 0 unspecified atom stereocenters. The molecule has 0 aliphatic rings. The summed E-state index contributed by atoms with van der Waals surface area (Å²) >= 11 is 3.05. The van der Waals surface area contributed by atoms with Gasteiger partial charge in [0, 0.05) is 29.9 Å². The maximum atomic E-state index is 12.0. The van der Waals surface area contributed by atoms with E-state index in [-0.39, 0.29) is 5.56 Å². The number of aromatic nitrogens is 5. The van der Waals surface area contributed by atoms with Crippen molar-refractivity contribution < 1.29 is 0 Å². The Balaban J connectivity index is 1.88. The second kappa shape index (κ2) is 5.02. The van der Waals surface area contributed by atoms with E-state index in [1.54, 1.807) is 10.5 Å². The van der Waals surface area contributed by atoms with E-state index in [0.29, 0.717) is 5.75 Å². The second-order valence-electron chi connectivity index (χ2n) is 4.46. The van der Waals surface area contributed by atoms with E-state index >= 15 is 0 Å². The fourth-order valence-electron chi connectivity index (χ4n) is 1.78. The minimum atomic E-state index is -0.0379. The summed E-state index contributed by atoms with van der Waals surface area (Å²) < 4.78 is 3.51. The van der Waals surface area contributed by atoms with Gasteiger partial charge in [0.2, 0.25) is 0 Å². The highest BCUT2D eigenvalue weighted by Gasteiger charge is 2.09. The van der Waals surface area contributed by atoms with Gasteiger partial charge in [0.05, 0.1) is 5.69 Å². The third kappa shape index (κ3) is 2.36. The molecule has 3 aromatic heterocycles. The van der Waals surface area contributed by atoms with Gasteiger partial charge in [0.1, 0.15) is 5.82 Å². The van der Waals surface area contributed by atoms with Crippen molar-refractivity contribution in [2.24, 2.45) is 7.05 Å². The van der Waals surface area contributed by atoms with Gasteiger partial charge in [-0.2, -0.15) is 0 Å². The first-order chi connectivity index (χ1) is 9.54. The minimum Gasteiger partial charge on any atom is -0.309 e. The van der Waals surface area contributed by atoms with Gasteiger partial charge < -0.3 is 4.57 Å². The number of hydrogen-bond acceptors (Lipinski definition) is 6. The molecule has 0 N–H and O–H groups in total. The molecular weight excluding hydrogens is 294 g/mol. The van der Waals surface area contributed by atoms with Crippen LogP contribution in [0.5, 0.6) is 0 Å². The number of thioether (sulfide) groups is 1. The Morgan fingerprint density at radius 1 is 1.35 bits per heavy atom. The second-order valence-corrected chi connectivity index (χ2v) is 6.61. The highest BCUT2D eigenvalue weighted by Crippen LogP contribution is 2.20. The summed E-state index contributed by atoms with van der Waals surface area (Å²) in [6, 6.07) is 1.58. The van der Waals surface area contributed by atoms with Gasteiger partial charge >= 0.3 is 0 Å². The van der Waals surface area contributed by atoms with Crippen LogP contribution < -0.4 is 5.56 Å². The monoisotopic (exact) mass is 307 g/mol. The first-order valence-electron chi connectivity index (χ1n) is 6.02. The summed E-state index contributed by atoms with van der Waals surface area (Å²) in [5, 5.41) is 8.92. The Hall–Kier alpha value is -1.67. The lowest BCUT2D eigenvalue weighted by Crippen LogP contribution is -2.12. The molecule has 8 heteroatoms. The van der Waals surface area contributed by atoms with Gasteiger partial charge in [-0.15, -0.1) is 21.5 Å². The van der Waals surface area contributed by atoms with Crippen molar-refractivity contribution >= 4 is 28.1 Å².